The Morgan fingerprint density at radius 1 is 1.39 bits per heavy atom. The molecule has 1 amide bonds. The van der Waals surface area contributed by atoms with E-state index in [1.54, 1.807) is 19.1 Å². The molecule has 0 heterocycles. The fourth-order valence-electron chi connectivity index (χ4n) is 1.35. The van der Waals surface area contributed by atoms with E-state index in [-0.39, 0.29) is 17.7 Å². The maximum Gasteiger partial charge on any atom is 0.305 e. The second-order valence-electron chi connectivity index (χ2n) is 3.76. The molecular weight excluding hydrogens is 464 g/mol. The van der Waals surface area contributed by atoms with Crippen molar-refractivity contribution in [3.63, 3.8) is 0 Å². The van der Waals surface area contributed by atoms with Crippen LogP contribution in [-0.2, 0) is 4.79 Å². The van der Waals surface area contributed by atoms with Gasteiger partial charge in [-0.3, -0.25) is 9.59 Å². The minimum absolute atomic E-state index is 0.0870. The third kappa shape index (κ3) is 4.26. The summed E-state index contributed by atoms with van der Waals surface area (Å²) in [5.41, 5.74) is 0.156. The van der Waals surface area contributed by atoms with Crippen molar-refractivity contribution >= 4 is 57.1 Å². The van der Waals surface area contributed by atoms with Crippen molar-refractivity contribution in [1.29, 1.82) is 0 Å². The average molecular weight is 475 g/mol. The molecule has 1 unspecified atom stereocenters. The first-order valence-electron chi connectivity index (χ1n) is 5.02. The lowest BCUT2D eigenvalue weighted by molar-refractivity contribution is -0.137. The Morgan fingerprint density at radius 3 is 2.56 bits per heavy atom. The minimum Gasteiger partial charge on any atom is -0.506 e. The van der Waals surface area contributed by atoms with Gasteiger partial charge in [0, 0.05) is 9.61 Å². The fraction of sp³-hybridized carbons (Fsp3) is 0.273. The number of aliphatic carboxylic acids is 1. The fourth-order valence-corrected chi connectivity index (χ4v) is 3.20. The second-order valence-corrected chi connectivity index (χ2v) is 6.16. The van der Waals surface area contributed by atoms with Gasteiger partial charge in [-0.15, -0.1) is 0 Å². The molecule has 1 aromatic rings. The maximum absolute atomic E-state index is 11.9. The van der Waals surface area contributed by atoms with Gasteiger partial charge in [0.25, 0.3) is 5.91 Å². The Morgan fingerprint density at radius 2 is 2.00 bits per heavy atom. The number of carboxylic acids is 1. The smallest absolute Gasteiger partial charge is 0.305 e. The summed E-state index contributed by atoms with van der Waals surface area (Å²) in [5, 5.41) is 20.9. The molecule has 0 radical (unpaired) electrons. The number of hydrogen-bond acceptors (Lipinski definition) is 3. The Bertz CT molecular complexity index is 490. The van der Waals surface area contributed by atoms with E-state index < -0.39 is 17.9 Å². The lowest BCUT2D eigenvalue weighted by Crippen LogP contribution is -2.34. The van der Waals surface area contributed by atoms with Crippen molar-refractivity contribution in [3.05, 3.63) is 24.8 Å². The molecule has 3 N–H and O–H groups in total. The molecule has 0 aromatic heterocycles. The molecular formula is C11H11I2NO4. The monoisotopic (exact) mass is 475 g/mol. The summed E-state index contributed by atoms with van der Waals surface area (Å²) >= 11 is 3.98. The number of halogens is 2. The summed E-state index contributed by atoms with van der Waals surface area (Å²) in [5.74, 6) is -1.54. The third-order valence-electron chi connectivity index (χ3n) is 2.13. The quantitative estimate of drug-likeness (QED) is 0.584. The van der Waals surface area contributed by atoms with Crippen LogP contribution in [0.3, 0.4) is 0 Å². The average Bonchev–Trinajstić information content (AvgIpc) is 2.21. The number of carbonyl (C=O) groups excluding carboxylic acids is 1. The number of carbonyl (C=O) groups is 2. The molecule has 5 nitrogen and oxygen atoms in total. The van der Waals surface area contributed by atoms with Crippen LogP contribution in [0.5, 0.6) is 5.75 Å². The summed E-state index contributed by atoms with van der Waals surface area (Å²) in [6.45, 7) is 1.60. The molecule has 1 atom stereocenters. The predicted molar refractivity (Wildman–Crippen MR) is 82.7 cm³/mol. The zero-order valence-corrected chi connectivity index (χ0v) is 13.7. The second kappa shape index (κ2) is 6.55. The van der Waals surface area contributed by atoms with E-state index in [4.69, 9.17) is 5.11 Å². The van der Waals surface area contributed by atoms with Gasteiger partial charge in [0.05, 0.1) is 15.6 Å². The van der Waals surface area contributed by atoms with Crippen molar-refractivity contribution in [3.8, 4) is 5.75 Å². The third-order valence-corrected chi connectivity index (χ3v) is 3.58. The number of carboxylic acid groups (broad SMARTS) is 1. The molecule has 7 heteroatoms. The van der Waals surface area contributed by atoms with E-state index in [1.165, 1.54) is 0 Å². The van der Waals surface area contributed by atoms with Crippen LogP contribution in [0.2, 0.25) is 0 Å². The van der Waals surface area contributed by atoms with E-state index in [2.05, 4.69) is 5.32 Å². The number of benzene rings is 1. The topological polar surface area (TPSA) is 86.6 Å². The summed E-state index contributed by atoms with van der Waals surface area (Å²) in [6, 6.07) is 2.80. The first-order valence-corrected chi connectivity index (χ1v) is 7.17. The van der Waals surface area contributed by atoms with Crippen LogP contribution in [0.1, 0.15) is 23.7 Å². The highest BCUT2D eigenvalue weighted by molar-refractivity contribution is 14.1. The van der Waals surface area contributed by atoms with E-state index in [0.29, 0.717) is 3.57 Å². The normalized spacial score (nSPS) is 11.9. The number of aromatic hydroxyl groups is 1. The number of nitrogens with one attached hydrogen (secondary N) is 1. The summed E-state index contributed by atoms with van der Waals surface area (Å²) in [7, 11) is 0. The zero-order valence-electron chi connectivity index (χ0n) is 9.41. The Labute approximate surface area is 131 Å². The van der Waals surface area contributed by atoms with Gasteiger partial charge in [-0.2, -0.15) is 0 Å². The molecule has 0 fully saturated rings. The number of rotatable bonds is 4. The molecule has 1 aromatic carbocycles. The Hall–Kier alpha value is -0.580. The largest absolute Gasteiger partial charge is 0.506 e. The van der Waals surface area contributed by atoms with Crippen LogP contribution in [-0.4, -0.2) is 28.1 Å². The molecule has 0 saturated heterocycles. The number of phenolic OH excluding ortho intramolecular Hbond substituents is 1. The lowest BCUT2D eigenvalue weighted by atomic mass is 10.1. The molecule has 0 spiro atoms. The van der Waals surface area contributed by atoms with Gasteiger partial charge in [0.15, 0.2) is 0 Å². The van der Waals surface area contributed by atoms with Crippen LogP contribution in [0.25, 0.3) is 0 Å². The SMILES string of the molecule is CC(CC(=O)O)NC(=O)c1cc(I)cc(I)c1O. The summed E-state index contributed by atoms with van der Waals surface area (Å²) in [4.78, 5) is 22.4. The van der Waals surface area contributed by atoms with Crippen LogP contribution in [0.4, 0.5) is 0 Å². The summed E-state index contributed by atoms with van der Waals surface area (Å²) < 4.78 is 1.40. The van der Waals surface area contributed by atoms with Crippen LogP contribution >= 0.6 is 45.2 Å². The van der Waals surface area contributed by atoms with Gasteiger partial charge in [0.2, 0.25) is 0 Å². The minimum atomic E-state index is -0.982. The maximum atomic E-state index is 11.9. The molecule has 0 aliphatic rings. The number of hydrogen-bond donors (Lipinski definition) is 3. The highest BCUT2D eigenvalue weighted by Crippen LogP contribution is 2.26. The molecule has 0 saturated carbocycles. The van der Waals surface area contributed by atoms with E-state index in [9.17, 15) is 14.7 Å². The van der Waals surface area contributed by atoms with E-state index >= 15 is 0 Å². The van der Waals surface area contributed by atoms with Crippen LogP contribution < -0.4 is 5.32 Å². The zero-order chi connectivity index (χ0) is 13.9. The van der Waals surface area contributed by atoms with Gasteiger partial charge < -0.3 is 15.5 Å². The highest BCUT2D eigenvalue weighted by Gasteiger charge is 2.17. The van der Waals surface area contributed by atoms with Crippen molar-refractivity contribution in [1.82, 2.24) is 5.32 Å². The first kappa shape index (κ1) is 15.5. The Kier molecular flexibility index (Phi) is 5.63. The predicted octanol–water partition coefficient (Wildman–Crippen LogP) is 2.19. The summed E-state index contributed by atoms with van der Waals surface area (Å²) in [6.07, 6.45) is -0.159. The molecule has 18 heavy (non-hydrogen) atoms. The van der Waals surface area contributed by atoms with Gasteiger partial charge >= 0.3 is 5.97 Å². The first-order chi connectivity index (χ1) is 8.31. The standard InChI is InChI=1S/C11H11I2NO4/c1-5(2-9(15)16)14-11(18)7-3-6(12)4-8(13)10(7)17/h3-5,17H,2H2,1H3,(H,14,18)(H,15,16). The van der Waals surface area contributed by atoms with Crippen LogP contribution in [0, 0.1) is 7.14 Å². The van der Waals surface area contributed by atoms with E-state index in [1.807, 2.05) is 45.2 Å². The highest BCUT2D eigenvalue weighted by atomic mass is 127. The van der Waals surface area contributed by atoms with Crippen molar-refractivity contribution in [2.24, 2.45) is 0 Å². The van der Waals surface area contributed by atoms with E-state index in [0.717, 1.165) is 3.57 Å². The van der Waals surface area contributed by atoms with Crippen molar-refractivity contribution in [2.45, 2.75) is 19.4 Å². The van der Waals surface area contributed by atoms with Crippen molar-refractivity contribution < 1.29 is 19.8 Å². The van der Waals surface area contributed by atoms with Gasteiger partial charge in [-0.25, -0.2) is 0 Å². The molecule has 1 rings (SSSR count). The number of amides is 1. The molecule has 0 aliphatic heterocycles. The van der Waals surface area contributed by atoms with Crippen molar-refractivity contribution in [2.75, 3.05) is 0 Å². The molecule has 0 aliphatic carbocycles. The Balaban J connectivity index is 2.88. The van der Waals surface area contributed by atoms with Gasteiger partial charge in [-0.1, -0.05) is 0 Å². The van der Waals surface area contributed by atoms with Gasteiger partial charge in [-0.05, 0) is 64.2 Å². The number of phenols is 1. The van der Waals surface area contributed by atoms with Crippen LogP contribution in [0.15, 0.2) is 12.1 Å². The molecule has 0 bridgehead atoms. The van der Waals surface area contributed by atoms with Gasteiger partial charge in [0.1, 0.15) is 5.75 Å². The molecule has 98 valence electrons. The lowest BCUT2D eigenvalue weighted by Gasteiger charge is -2.13.